The highest BCUT2D eigenvalue weighted by Crippen LogP contribution is 2.47. The molecule has 1 fully saturated rings. The first-order valence-electron chi connectivity index (χ1n) is 4.99. The van der Waals surface area contributed by atoms with Gasteiger partial charge in [-0.25, -0.2) is 0 Å². The molecule has 6 heteroatoms. The van der Waals surface area contributed by atoms with Gasteiger partial charge in [0.25, 0.3) is 0 Å². The van der Waals surface area contributed by atoms with Gasteiger partial charge < -0.3 is 10.4 Å². The Balaban J connectivity index is 2.64. The highest BCUT2D eigenvalue weighted by Gasteiger charge is 2.69. The molecule has 2 heterocycles. The summed E-state index contributed by atoms with van der Waals surface area (Å²) in [5.41, 5.74) is 1.08. The lowest BCUT2D eigenvalue weighted by Crippen LogP contribution is -2.66. The smallest absolute Gasteiger partial charge is 0.160 e. The van der Waals surface area contributed by atoms with Crippen LogP contribution in [0.1, 0.15) is 34.6 Å². The molecule has 6 nitrogen and oxygen atoms in total. The van der Waals surface area contributed by atoms with Crippen molar-refractivity contribution in [3.63, 3.8) is 0 Å². The largest absolute Gasteiger partial charge is 0.311 e. The maximum Gasteiger partial charge on any atom is 0.160 e. The summed E-state index contributed by atoms with van der Waals surface area (Å²) in [6, 6.07) is 0. The monoisotopic (exact) mass is 214 g/mol. The van der Waals surface area contributed by atoms with E-state index in [2.05, 4.69) is 10.5 Å². The van der Waals surface area contributed by atoms with Crippen molar-refractivity contribution < 1.29 is 10.4 Å². The molecule has 0 aliphatic carbocycles. The van der Waals surface area contributed by atoms with Crippen LogP contribution in [0.4, 0.5) is 0 Å². The minimum Gasteiger partial charge on any atom is -0.311 e. The van der Waals surface area contributed by atoms with E-state index in [1.165, 1.54) is 0 Å². The summed E-state index contributed by atoms with van der Waals surface area (Å²) in [5, 5.41) is 26.8. The Morgan fingerprint density at radius 1 is 1.13 bits per heavy atom. The van der Waals surface area contributed by atoms with E-state index >= 15 is 0 Å². The Bertz CT molecular complexity index is 337. The van der Waals surface area contributed by atoms with E-state index in [1.807, 2.05) is 13.8 Å². The third-order valence-electron chi connectivity index (χ3n) is 4.10. The SMILES string of the molecule is CC1=NN[C@]2(C)N(O)[C@@]1(C)N(O)C2(C)C. The van der Waals surface area contributed by atoms with Crippen molar-refractivity contribution in [2.24, 2.45) is 5.10 Å². The number of hydrazone groups is 1. The van der Waals surface area contributed by atoms with Crippen molar-refractivity contribution in [3.05, 3.63) is 0 Å². The Morgan fingerprint density at radius 3 is 2.13 bits per heavy atom. The normalized spacial score (nSPS) is 45.1. The maximum absolute atomic E-state index is 10.2. The molecule has 15 heavy (non-hydrogen) atoms. The van der Waals surface area contributed by atoms with E-state index in [0.29, 0.717) is 5.71 Å². The third-order valence-corrected chi connectivity index (χ3v) is 4.10. The van der Waals surface area contributed by atoms with Gasteiger partial charge in [0, 0.05) is 0 Å². The molecule has 0 saturated carbocycles. The fourth-order valence-corrected chi connectivity index (χ4v) is 2.32. The lowest BCUT2D eigenvalue weighted by molar-refractivity contribution is -0.248. The zero-order chi connectivity index (χ0) is 11.6. The van der Waals surface area contributed by atoms with Gasteiger partial charge >= 0.3 is 0 Å². The molecule has 0 unspecified atom stereocenters. The van der Waals surface area contributed by atoms with Crippen molar-refractivity contribution in [2.45, 2.75) is 51.5 Å². The first-order chi connectivity index (χ1) is 6.69. The predicted molar refractivity (Wildman–Crippen MR) is 54.4 cm³/mol. The summed E-state index contributed by atoms with van der Waals surface area (Å²) < 4.78 is 0. The standard InChI is InChI=1S/C9H18N4O2/c1-6-8(4)12(14)7(2,3)9(5,11-10-6)13(8)15/h11,14-15H,1-5H3/t8-,9-/m1/s1. The Labute approximate surface area is 89.1 Å². The molecule has 2 atom stereocenters. The van der Waals surface area contributed by atoms with Gasteiger partial charge in [-0.3, -0.25) is 5.43 Å². The summed E-state index contributed by atoms with van der Waals surface area (Å²) in [5.74, 6) is 0. The molecular weight excluding hydrogens is 196 g/mol. The van der Waals surface area contributed by atoms with E-state index in [-0.39, 0.29) is 0 Å². The Hall–Kier alpha value is -0.690. The van der Waals surface area contributed by atoms with Crippen LogP contribution in [-0.2, 0) is 0 Å². The van der Waals surface area contributed by atoms with Gasteiger partial charge in [0.05, 0.1) is 11.3 Å². The van der Waals surface area contributed by atoms with Crippen molar-refractivity contribution in [3.8, 4) is 0 Å². The van der Waals surface area contributed by atoms with Gasteiger partial charge in [0.15, 0.2) is 5.66 Å². The van der Waals surface area contributed by atoms with Gasteiger partial charge in [-0.15, -0.1) is 5.06 Å². The van der Waals surface area contributed by atoms with Gasteiger partial charge in [0.2, 0.25) is 0 Å². The zero-order valence-corrected chi connectivity index (χ0v) is 9.74. The molecule has 0 amide bonds. The number of hydrogen-bond donors (Lipinski definition) is 3. The molecule has 3 N–H and O–H groups in total. The molecule has 1 saturated heterocycles. The number of rotatable bonds is 0. The van der Waals surface area contributed by atoms with Crippen LogP contribution >= 0.6 is 0 Å². The van der Waals surface area contributed by atoms with Crippen LogP contribution in [0.3, 0.4) is 0 Å². The van der Waals surface area contributed by atoms with Crippen LogP contribution in [0.15, 0.2) is 5.10 Å². The third kappa shape index (κ3) is 0.867. The molecule has 86 valence electrons. The van der Waals surface area contributed by atoms with Crippen LogP contribution in [0.2, 0.25) is 0 Å². The second-order valence-electron chi connectivity index (χ2n) is 5.08. The Kier molecular flexibility index (Phi) is 1.81. The quantitative estimate of drug-likeness (QED) is 0.550. The van der Waals surface area contributed by atoms with E-state index in [4.69, 9.17) is 0 Å². The van der Waals surface area contributed by atoms with E-state index in [9.17, 15) is 10.4 Å². The lowest BCUT2D eigenvalue weighted by Gasteiger charge is -2.42. The average Bonchev–Trinajstić information content (AvgIpc) is 2.23. The Morgan fingerprint density at radius 2 is 1.67 bits per heavy atom. The summed E-state index contributed by atoms with van der Waals surface area (Å²) in [6.07, 6.45) is 0. The average molecular weight is 214 g/mol. The number of hydrogen-bond acceptors (Lipinski definition) is 6. The number of fused-ring (bicyclic) bond motifs is 2. The summed E-state index contributed by atoms with van der Waals surface area (Å²) in [6.45, 7) is 9.00. The molecule has 2 aliphatic heterocycles. The van der Waals surface area contributed by atoms with Crippen molar-refractivity contribution in [1.29, 1.82) is 0 Å². The maximum atomic E-state index is 10.2. The predicted octanol–water partition coefficient (Wildman–Crippen LogP) is 0.573. The molecule has 0 radical (unpaired) electrons. The highest BCUT2D eigenvalue weighted by atomic mass is 16.6. The minimum absolute atomic E-state index is 0.621. The first-order valence-corrected chi connectivity index (χ1v) is 4.99. The summed E-state index contributed by atoms with van der Waals surface area (Å²) in [4.78, 5) is 0. The number of hydroxylamine groups is 4. The lowest BCUT2D eigenvalue weighted by atomic mass is 9.91. The van der Waals surface area contributed by atoms with Crippen LogP contribution in [-0.4, -0.2) is 43.1 Å². The molecule has 0 aromatic rings. The molecule has 2 rings (SSSR count). The topological polar surface area (TPSA) is 71.3 Å². The van der Waals surface area contributed by atoms with Crippen LogP contribution in [0.5, 0.6) is 0 Å². The molecule has 2 bridgehead atoms. The molecular formula is C9H18N4O2. The van der Waals surface area contributed by atoms with Gasteiger partial charge in [-0.05, 0) is 34.6 Å². The van der Waals surface area contributed by atoms with Crippen molar-refractivity contribution in [1.82, 2.24) is 15.6 Å². The summed E-state index contributed by atoms with van der Waals surface area (Å²) in [7, 11) is 0. The van der Waals surface area contributed by atoms with Gasteiger partial charge in [0.1, 0.15) is 5.66 Å². The minimum atomic E-state index is -0.969. The fourth-order valence-electron chi connectivity index (χ4n) is 2.32. The number of nitrogens with zero attached hydrogens (tertiary/aromatic N) is 3. The number of nitrogens with one attached hydrogen (secondary N) is 1. The van der Waals surface area contributed by atoms with E-state index in [0.717, 1.165) is 10.1 Å². The highest BCUT2D eigenvalue weighted by molar-refractivity contribution is 5.91. The second-order valence-corrected chi connectivity index (χ2v) is 5.08. The molecule has 0 spiro atoms. The van der Waals surface area contributed by atoms with Crippen LogP contribution in [0.25, 0.3) is 0 Å². The molecule has 0 aromatic carbocycles. The molecule has 2 aliphatic rings. The van der Waals surface area contributed by atoms with Gasteiger partial charge in [-0.1, -0.05) is 0 Å². The van der Waals surface area contributed by atoms with Crippen LogP contribution < -0.4 is 5.43 Å². The van der Waals surface area contributed by atoms with E-state index in [1.54, 1.807) is 20.8 Å². The van der Waals surface area contributed by atoms with Crippen LogP contribution in [0, 0.1) is 0 Å². The van der Waals surface area contributed by atoms with Crippen molar-refractivity contribution in [2.75, 3.05) is 0 Å². The van der Waals surface area contributed by atoms with E-state index < -0.39 is 16.9 Å². The van der Waals surface area contributed by atoms with Crippen molar-refractivity contribution >= 4 is 5.71 Å². The van der Waals surface area contributed by atoms with Gasteiger partial charge in [-0.2, -0.15) is 10.2 Å². The first kappa shape index (κ1) is 10.8. The zero-order valence-electron chi connectivity index (χ0n) is 9.74. The fraction of sp³-hybridized carbons (Fsp3) is 0.889. The molecule has 0 aromatic heterocycles. The summed E-state index contributed by atoms with van der Waals surface area (Å²) >= 11 is 0. The second kappa shape index (κ2) is 2.52.